The van der Waals surface area contributed by atoms with Crippen LogP contribution in [0.3, 0.4) is 0 Å². The number of nitro groups is 1. The number of hydrogen-bond acceptors (Lipinski definition) is 8. The molecule has 0 saturated carbocycles. The Balaban J connectivity index is 1.55. The highest BCUT2D eigenvalue weighted by Gasteiger charge is 2.36. The molecule has 4 rings (SSSR count). The van der Waals surface area contributed by atoms with Crippen molar-refractivity contribution in [3.05, 3.63) is 104 Å². The van der Waals surface area contributed by atoms with Crippen LogP contribution in [0.4, 0.5) is 14.9 Å². The van der Waals surface area contributed by atoms with E-state index in [9.17, 15) is 28.9 Å². The lowest BCUT2D eigenvalue weighted by Gasteiger charge is -2.13. The minimum atomic E-state index is -0.704. The average Bonchev–Trinajstić information content (AvgIpc) is 3.13. The highest BCUT2D eigenvalue weighted by Crippen LogP contribution is 2.36. The fourth-order valence-corrected chi connectivity index (χ4v) is 4.33. The molecule has 0 spiro atoms. The van der Waals surface area contributed by atoms with Gasteiger partial charge in [0.25, 0.3) is 16.8 Å². The third-order valence-corrected chi connectivity index (χ3v) is 6.15. The number of carbonyl (C=O) groups is 3. The number of esters is 1. The number of para-hydroxylation sites is 1. The number of ether oxygens (including phenoxy) is 2. The first kappa shape index (κ1) is 25.6. The number of halogens is 1. The maximum atomic E-state index is 13.1. The van der Waals surface area contributed by atoms with E-state index < -0.39 is 27.9 Å². The molecule has 11 heteroatoms. The fourth-order valence-electron chi connectivity index (χ4n) is 3.49. The van der Waals surface area contributed by atoms with Gasteiger partial charge in [0.2, 0.25) is 0 Å². The van der Waals surface area contributed by atoms with Gasteiger partial charge in [-0.3, -0.25) is 24.6 Å². The molecule has 9 nitrogen and oxygen atoms in total. The van der Waals surface area contributed by atoms with Gasteiger partial charge in [-0.1, -0.05) is 24.3 Å². The number of rotatable bonds is 8. The summed E-state index contributed by atoms with van der Waals surface area (Å²) in [5.41, 5.74) is 0.709. The first-order valence-corrected chi connectivity index (χ1v) is 11.8. The molecule has 0 aromatic heterocycles. The monoisotopic (exact) mass is 522 g/mol. The summed E-state index contributed by atoms with van der Waals surface area (Å²) in [7, 11) is 0. The number of hydrogen-bond donors (Lipinski definition) is 0. The van der Waals surface area contributed by atoms with Gasteiger partial charge in [-0.2, -0.15) is 0 Å². The second kappa shape index (κ2) is 11.0. The number of benzene rings is 3. The molecule has 188 valence electrons. The molecule has 0 atom stereocenters. The zero-order valence-corrected chi connectivity index (χ0v) is 20.2. The molecule has 2 amide bonds. The Morgan fingerprint density at radius 1 is 1.08 bits per heavy atom. The average molecular weight is 523 g/mol. The second-order valence-electron chi connectivity index (χ2n) is 7.69. The van der Waals surface area contributed by atoms with Crippen LogP contribution in [0.15, 0.2) is 71.6 Å². The van der Waals surface area contributed by atoms with E-state index in [4.69, 9.17) is 9.47 Å². The normalized spacial score (nSPS) is 14.2. The molecule has 0 radical (unpaired) electrons. The predicted octanol–water partition coefficient (Wildman–Crippen LogP) is 5.59. The predicted molar refractivity (Wildman–Crippen MR) is 134 cm³/mol. The highest BCUT2D eigenvalue weighted by atomic mass is 32.2. The Hall–Kier alpha value is -4.51. The van der Waals surface area contributed by atoms with Crippen molar-refractivity contribution in [2.45, 2.75) is 13.5 Å². The molecule has 0 bridgehead atoms. The van der Waals surface area contributed by atoms with Crippen LogP contribution in [0.5, 0.6) is 11.5 Å². The lowest BCUT2D eigenvalue weighted by atomic mass is 10.1. The van der Waals surface area contributed by atoms with Gasteiger partial charge in [-0.25, -0.2) is 9.18 Å². The summed E-state index contributed by atoms with van der Waals surface area (Å²) in [6, 6.07) is 15.4. The Kier molecular flexibility index (Phi) is 7.63. The van der Waals surface area contributed by atoms with Gasteiger partial charge in [0, 0.05) is 11.6 Å². The van der Waals surface area contributed by atoms with Crippen LogP contribution in [0.2, 0.25) is 0 Å². The summed E-state index contributed by atoms with van der Waals surface area (Å²) in [6.45, 7) is 1.77. The number of nitro benzene ring substituents is 1. The van der Waals surface area contributed by atoms with Crippen molar-refractivity contribution in [2.75, 3.05) is 6.61 Å². The van der Waals surface area contributed by atoms with Crippen LogP contribution in [-0.2, 0) is 11.3 Å². The van der Waals surface area contributed by atoms with Crippen LogP contribution >= 0.6 is 11.8 Å². The van der Waals surface area contributed by atoms with Crippen molar-refractivity contribution in [3.8, 4) is 11.5 Å². The van der Waals surface area contributed by atoms with Crippen LogP contribution in [0, 0.1) is 15.9 Å². The molecule has 1 aliphatic heterocycles. The number of carbonyl (C=O) groups excluding carboxylic acids is 3. The molecule has 37 heavy (non-hydrogen) atoms. The first-order chi connectivity index (χ1) is 17.8. The quantitative estimate of drug-likeness (QED) is 0.124. The van der Waals surface area contributed by atoms with Gasteiger partial charge in [-0.15, -0.1) is 0 Å². The molecule has 3 aromatic rings. The first-order valence-electron chi connectivity index (χ1n) is 11.0. The third kappa shape index (κ3) is 5.84. The maximum absolute atomic E-state index is 13.1. The van der Waals surface area contributed by atoms with E-state index >= 15 is 0 Å². The van der Waals surface area contributed by atoms with Gasteiger partial charge in [0.15, 0.2) is 11.5 Å². The Morgan fingerprint density at radius 2 is 1.81 bits per heavy atom. The summed E-state index contributed by atoms with van der Waals surface area (Å²) >= 11 is 0.714. The zero-order chi connectivity index (χ0) is 26.5. The van der Waals surface area contributed by atoms with Gasteiger partial charge in [0.1, 0.15) is 5.82 Å². The molecule has 1 fully saturated rings. The van der Waals surface area contributed by atoms with E-state index in [2.05, 4.69) is 0 Å². The van der Waals surface area contributed by atoms with Gasteiger partial charge in [0.05, 0.1) is 28.5 Å². The number of amides is 2. The van der Waals surface area contributed by atoms with E-state index in [0.717, 1.165) is 17.0 Å². The van der Waals surface area contributed by atoms with E-state index in [1.54, 1.807) is 25.1 Å². The minimum Gasteiger partial charge on any atom is -0.490 e. The molecular formula is C26H19FN2O7S. The Bertz CT molecular complexity index is 1420. The largest absolute Gasteiger partial charge is 0.490 e. The molecular weight excluding hydrogens is 503 g/mol. The standard InChI is InChI=1S/C26H19FN2O7S/c1-2-35-22-13-16(7-12-21(22)36-25(31)17-8-10-19(27)11-9-17)14-23-24(30)28(26(32)37-23)15-18-5-3-4-6-20(18)29(33)34/h3-14H,2,15H2,1H3/b23-14-. The zero-order valence-electron chi connectivity index (χ0n) is 19.4. The molecule has 1 heterocycles. The highest BCUT2D eigenvalue weighted by molar-refractivity contribution is 8.18. The van der Waals surface area contributed by atoms with Gasteiger partial charge < -0.3 is 9.47 Å². The van der Waals surface area contributed by atoms with E-state index in [-0.39, 0.29) is 46.4 Å². The van der Waals surface area contributed by atoms with Crippen molar-refractivity contribution >= 4 is 40.6 Å². The van der Waals surface area contributed by atoms with Gasteiger partial charge >= 0.3 is 5.97 Å². The molecule has 1 saturated heterocycles. The molecule has 3 aromatic carbocycles. The van der Waals surface area contributed by atoms with Crippen molar-refractivity contribution in [1.82, 2.24) is 4.90 Å². The number of imide groups is 1. The molecule has 0 aliphatic carbocycles. The Morgan fingerprint density at radius 3 is 2.51 bits per heavy atom. The maximum Gasteiger partial charge on any atom is 0.343 e. The molecule has 0 N–H and O–H groups in total. The smallest absolute Gasteiger partial charge is 0.343 e. The molecule has 0 unspecified atom stereocenters. The van der Waals surface area contributed by atoms with Crippen molar-refractivity contribution in [1.29, 1.82) is 0 Å². The van der Waals surface area contributed by atoms with Crippen LogP contribution < -0.4 is 9.47 Å². The summed E-state index contributed by atoms with van der Waals surface area (Å²) < 4.78 is 24.1. The second-order valence-corrected chi connectivity index (χ2v) is 8.68. The molecule has 1 aliphatic rings. The topological polar surface area (TPSA) is 116 Å². The number of thioether (sulfide) groups is 1. The SMILES string of the molecule is CCOc1cc(/C=C2\SC(=O)N(Cc3ccccc3[N+](=O)[O-])C2=O)ccc1OC(=O)c1ccc(F)cc1. The summed E-state index contributed by atoms with van der Waals surface area (Å²) in [6.07, 6.45) is 1.48. The van der Waals surface area contributed by atoms with Crippen molar-refractivity contribution in [2.24, 2.45) is 0 Å². The summed E-state index contributed by atoms with van der Waals surface area (Å²) in [5.74, 6) is -1.42. The lowest BCUT2D eigenvalue weighted by molar-refractivity contribution is -0.385. The van der Waals surface area contributed by atoms with E-state index in [1.807, 2.05) is 0 Å². The van der Waals surface area contributed by atoms with E-state index in [1.165, 1.54) is 42.5 Å². The third-order valence-electron chi connectivity index (χ3n) is 5.24. The van der Waals surface area contributed by atoms with Crippen LogP contribution in [0.1, 0.15) is 28.4 Å². The lowest BCUT2D eigenvalue weighted by Crippen LogP contribution is -2.27. The van der Waals surface area contributed by atoms with Gasteiger partial charge in [-0.05, 0) is 66.7 Å². The van der Waals surface area contributed by atoms with Crippen LogP contribution in [0.25, 0.3) is 6.08 Å². The van der Waals surface area contributed by atoms with Crippen molar-refractivity contribution < 1.29 is 33.2 Å². The number of nitrogens with zero attached hydrogens (tertiary/aromatic N) is 2. The van der Waals surface area contributed by atoms with Crippen molar-refractivity contribution in [3.63, 3.8) is 0 Å². The van der Waals surface area contributed by atoms with Crippen LogP contribution in [-0.4, -0.2) is 33.5 Å². The minimum absolute atomic E-state index is 0.123. The summed E-state index contributed by atoms with van der Waals surface area (Å²) in [4.78, 5) is 49.7. The van der Waals surface area contributed by atoms with E-state index in [0.29, 0.717) is 17.3 Å². The Labute approximate surface area is 214 Å². The summed E-state index contributed by atoms with van der Waals surface area (Å²) in [5, 5.41) is 10.7. The fraction of sp³-hybridized carbons (Fsp3) is 0.115.